The van der Waals surface area contributed by atoms with E-state index < -0.39 is 0 Å². The van der Waals surface area contributed by atoms with Gasteiger partial charge in [-0.05, 0) is 31.5 Å². The van der Waals surface area contributed by atoms with Crippen LogP contribution in [0.2, 0.25) is 0 Å². The van der Waals surface area contributed by atoms with Crippen LogP contribution in [0.25, 0.3) is 21.8 Å². The lowest BCUT2D eigenvalue weighted by atomic mass is 10.2. The number of methoxy groups -OCH3 is 1. The minimum atomic E-state index is 0.891. The molecule has 0 spiro atoms. The summed E-state index contributed by atoms with van der Waals surface area (Å²) >= 11 is 0. The van der Waals surface area contributed by atoms with E-state index in [1.165, 1.54) is 47.6 Å². The Labute approximate surface area is 191 Å². The molecule has 2 heterocycles. The molecule has 0 atom stereocenters. The first kappa shape index (κ1) is 20.7. The smallest absolute Gasteiger partial charge is 0.151 e. The Morgan fingerprint density at radius 3 is 2.06 bits per heavy atom. The van der Waals surface area contributed by atoms with Crippen molar-refractivity contribution in [3.05, 3.63) is 72.8 Å². The van der Waals surface area contributed by atoms with Crippen molar-refractivity contribution in [3.63, 3.8) is 0 Å². The van der Waals surface area contributed by atoms with Crippen LogP contribution in [0.5, 0.6) is 5.75 Å². The van der Waals surface area contributed by atoms with E-state index in [0.29, 0.717) is 0 Å². The summed E-state index contributed by atoms with van der Waals surface area (Å²) in [5, 5.41) is 2.73. The molecule has 0 saturated carbocycles. The summed E-state index contributed by atoms with van der Waals surface area (Å²) in [6.45, 7) is 6.56. The summed E-state index contributed by atoms with van der Waals surface area (Å²) in [4.78, 5) is 5.00. The number of piperazine rings is 1. The van der Waals surface area contributed by atoms with Gasteiger partial charge in [-0.25, -0.2) is 0 Å². The van der Waals surface area contributed by atoms with Gasteiger partial charge >= 0.3 is 0 Å². The number of benzene rings is 2. The lowest BCUT2D eigenvalue weighted by Crippen LogP contribution is -2.46. The molecular weight excluding hydrogens is 394 g/mol. The second kappa shape index (κ2) is 9.54. The molecule has 0 unspecified atom stereocenters. The first-order valence-electron chi connectivity index (χ1n) is 11.7. The van der Waals surface area contributed by atoms with Gasteiger partial charge in [0.05, 0.1) is 12.8 Å². The molecule has 0 bridgehead atoms. The predicted octanol–water partition coefficient (Wildman–Crippen LogP) is 5.40. The summed E-state index contributed by atoms with van der Waals surface area (Å²) in [6.07, 6.45) is 3.74. The van der Waals surface area contributed by atoms with Gasteiger partial charge in [0, 0.05) is 66.7 Å². The van der Waals surface area contributed by atoms with Crippen LogP contribution in [0.3, 0.4) is 0 Å². The SMILES string of the molecule is COc1cc#ccc1N1CCN(CCCCCn2c3ccccc3c3ccccc32)CC1. The van der Waals surface area contributed by atoms with Gasteiger partial charge in [0.25, 0.3) is 0 Å². The maximum atomic E-state index is 5.49. The van der Waals surface area contributed by atoms with Gasteiger partial charge in [0.1, 0.15) is 0 Å². The standard InChI is InChI=1S/C28H31N3O/c1-32-28-16-8-7-15-27(28)30-21-19-29(20-22-30)17-9-2-10-18-31-25-13-5-3-11-23(25)24-12-4-6-14-26(24)31/h3-6,11-16H,2,9-10,17-22H2,1H3. The van der Waals surface area contributed by atoms with E-state index in [2.05, 4.69) is 75.0 Å². The molecule has 1 aromatic heterocycles. The summed E-state index contributed by atoms with van der Waals surface area (Å²) < 4.78 is 8.00. The van der Waals surface area contributed by atoms with Crippen molar-refractivity contribution in [2.75, 3.05) is 44.7 Å². The second-order valence-electron chi connectivity index (χ2n) is 8.61. The third-order valence-corrected chi connectivity index (χ3v) is 6.72. The Morgan fingerprint density at radius 1 is 0.750 bits per heavy atom. The molecule has 32 heavy (non-hydrogen) atoms. The third-order valence-electron chi connectivity index (χ3n) is 6.72. The first-order valence-corrected chi connectivity index (χ1v) is 11.7. The molecule has 1 aliphatic rings. The van der Waals surface area contributed by atoms with Crippen molar-refractivity contribution in [1.29, 1.82) is 0 Å². The van der Waals surface area contributed by atoms with Gasteiger partial charge in [-0.15, -0.1) is 0 Å². The summed E-state index contributed by atoms with van der Waals surface area (Å²) in [5.74, 6) is 0.891. The molecule has 0 radical (unpaired) electrons. The molecular formula is C28H31N3O. The average molecular weight is 426 g/mol. The van der Waals surface area contributed by atoms with Crippen molar-refractivity contribution >= 4 is 27.5 Å². The number of rotatable bonds is 8. The quantitative estimate of drug-likeness (QED) is 0.353. The normalized spacial score (nSPS) is 14.7. The topological polar surface area (TPSA) is 20.6 Å². The Kier molecular flexibility index (Phi) is 6.18. The zero-order chi connectivity index (χ0) is 21.8. The highest BCUT2D eigenvalue weighted by atomic mass is 16.5. The van der Waals surface area contributed by atoms with Crippen LogP contribution in [-0.2, 0) is 6.54 Å². The van der Waals surface area contributed by atoms with Gasteiger partial charge in [0.15, 0.2) is 5.75 Å². The average Bonchev–Trinajstić information content (AvgIpc) is 3.18. The van der Waals surface area contributed by atoms with Gasteiger partial charge in [-0.1, -0.05) is 55.0 Å². The maximum absolute atomic E-state index is 5.49. The Hall–Kier alpha value is -3.16. The van der Waals surface area contributed by atoms with E-state index >= 15 is 0 Å². The number of anilines is 1. The molecule has 0 amide bonds. The van der Waals surface area contributed by atoms with Crippen molar-refractivity contribution < 1.29 is 4.74 Å². The third kappa shape index (κ3) is 4.13. The second-order valence-corrected chi connectivity index (χ2v) is 8.61. The van der Waals surface area contributed by atoms with Crippen LogP contribution in [0.4, 0.5) is 5.69 Å². The number of hydrogen-bond acceptors (Lipinski definition) is 3. The van der Waals surface area contributed by atoms with E-state index in [1.54, 1.807) is 7.11 Å². The van der Waals surface area contributed by atoms with Gasteiger partial charge in [0.2, 0.25) is 0 Å². The molecule has 3 aromatic carbocycles. The van der Waals surface area contributed by atoms with Crippen LogP contribution in [0, 0.1) is 12.1 Å². The molecule has 4 nitrogen and oxygen atoms in total. The van der Waals surface area contributed by atoms with Crippen LogP contribution >= 0.6 is 0 Å². The number of nitrogens with zero attached hydrogens (tertiary/aromatic N) is 3. The highest BCUT2D eigenvalue weighted by Gasteiger charge is 2.19. The van der Waals surface area contributed by atoms with Crippen LogP contribution in [-0.4, -0.2) is 49.3 Å². The zero-order valence-electron chi connectivity index (χ0n) is 18.9. The van der Waals surface area contributed by atoms with Crippen molar-refractivity contribution in [2.45, 2.75) is 25.8 Å². The minimum Gasteiger partial charge on any atom is -0.494 e. The fraction of sp³-hybridized carbons (Fsp3) is 0.357. The molecule has 0 N–H and O–H groups in total. The fourth-order valence-corrected chi connectivity index (χ4v) is 5.01. The number of unbranched alkanes of at least 4 members (excludes halogenated alkanes) is 2. The lowest BCUT2D eigenvalue weighted by Gasteiger charge is -2.36. The van der Waals surface area contributed by atoms with Crippen LogP contribution in [0.15, 0.2) is 60.7 Å². The molecule has 1 aliphatic heterocycles. The van der Waals surface area contributed by atoms with Crippen molar-refractivity contribution in [1.82, 2.24) is 9.47 Å². The first-order chi connectivity index (χ1) is 15.8. The predicted molar refractivity (Wildman–Crippen MR) is 133 cm³/mol. The van der Waals surface area contributed by atoms with Crippen molar-refractivity contribution in [2.24, 2.45) is 0 Å². The fourth-order valence-electron chi connectivity index (χ4n) is 5.01. The van der Waals surface area contributed by atoms with Gasteiger partial charge in [-0.2, -0.15) is 0 Å². The van der Waals surface area contributed by atoms with E-state index in [-0.39, 0.29) is 0 Å². The van der Waals surface area contributed by atoms with E-state index in [4.69, 9.17) is 4.74 Å². The molecule has 4 heteroatoms. The maximum Gasteiger partial charge on any atom is 0.151 e. The van der Waals surface area contributed by atoms with E-state index in [9.17, 15) is 0 Å². The minimum absolute atomic E-state index is 0.891. The Bertz CT molecular complexity index is 1120. The number of fused-ring (bicyclic) bond motifs is 3. The lowest BCUT2D eigenvalue weighted by molar-refractivity contribution is 0.251. The Balaban J connectivity index is 1.11. The van der Waals surface area contributed by atoms with E-state index in [0.717, 1.165) is 44.2 Å². The number of para-hydroxylation sites is 2. The molecule has 0 aliphatic carbocycles. The summed E-state index contributed by atoms with van der Waals surface area (Å²) in [6, 6.07) is 27.5. The largest absolute Gasteiger partial charge is 0.494 e. The molecule has 1 saturated heterocycles. The Morgan fingerprint density at radius 2 is 1.38 bits per heavy atom. The number of ether oxygens (including phenoxy) is 1. The summed E-state index contributed by atoms with van der Waals surface area (Å²) in [5.41, 5.74) is 3.85. The number of hydrogen-bond donors (Lipinski definition) is 0. The highest BCUT2D eigenvalue weighted by Crippen LogP contribution is 2.29. The van der Waals surface area contributed by atoms with E-state index in [1.807, 2.05) is 12.1 Å². The number of aromatic nitrogens is 1. The van der Waals surface area contributed by atoms with Gasteiger partial charge < -0.3 is 14.2 Å². The molecule has 5 rings (SSSR count). The highest BCUT2D eigenvalue weighted by molar-refractivity contribution is 6.07. The molecule has 1 fully saturated rings. The number of aryl methyl sites for hydroxylation is 1. The van der Waals surface area contributed by atoms with Gasteiger partial charge in [-0.3, -0.25) is 4.90 Å². The zero-order valence-corrected chi connectivity index (χ0v) is 18.9. The van der Waals surface area contributed by atoms with Crippen LogP contribution in [0.1, 0.15) is 19.3 Å². The van der Waals surface area contributed by atoms with Crippen molar-refractivity contribution in [3.8, 4) is 5.75 Å². The van der Waals surface area contributed by atoms with Crippen LogP contribution < -0.4 is 9.64 Å². The monoisotopic (exact) mass is 425 g/mol. The molecule has 4 aromatic rings. The summed E-state index contributed by atoms with van der Waals surface area (Å²) in [7, 11) is 1.72. The molecule has 164 valence electrons.